The highest BCUT2D eigenvalue weighted by Crippen LogP contribution is 2.50. The molecule has 0 N–H and O–H groups in total. The number of hydrogen-bond donors (Lipinski definition) is 0. The van der Waals surface area contributed by atoms with Gasteiger partial charge in [-0.15, -0.1) is 0 Å². The van der Waals surface area contributed by atoms with E-state index in [9.17, 15) is 4.79 Å². The molecule has 230 valence electrons. The molecular formula is C36H54O4Si2. The molecule has 0 amide bonds. The zero-order chi connectivity index (χ0) is 31.6. The molecule has 0 bridgehead atoms. The monoisotopic (exact) mass is 606 g/mol. The summed E-state index contributed by atoms with van der Waals surface area (Å²) in [5, 5.41) is 1.95. The third-order valence-corrected chi connectivity index (χ3v) is 21.4. The highest BCUT2D eigenvalue weighted by molar-refractivity contribution is 6.79. The summed E-state index contributed by atoms with van der Waals surface area (Å²) in [6.07, 6.45) is 0. The van der Waals surface area contributed by atoms with Crippen LogP contribution in [0.15, 0.2) is 54.6 Å². The van der Waals surface area contributed by atoms with Crippen LogP contribution in [0.3, 0.4) is 0 Å². The average molecular weight is 607 g/mol. The molecular weight excluding hydrogens is 553 g/mol. The molecule has 0 saturated carbocycles. The van der Waals surface area contributed by atoms with Crippen LogP contribution in [0, 0.1) is 6.92 Å². The van der Waals surface area contributed by atoms with Crippen LogP contribution in [0.1, 0.15) is 99.0 Å². The van der Waals surface area contributed by atoms with E-state index in [1.807, 2.05) is 36.4 Å². The van der Waals surface area contributed by atoms with E-state index in [2.05, 4.69) is 108 Å². The molecule has 0 aliphatic carbocycles. The minimum atomic E-state index is -2.43. The van der Waals surface area contributed by atoms with Crippen molar-refractivity contribution in [3.63, 3.8) is 0 Å². The minimum absolute atomic E-state index is 0.342. The summed E-state index contributed by atoms with van der Waals surface area (Å²) in [4.78, 5) is 14.1. The maximum Gasteiger partial charge on any atom is 0.347 e. The van der Waals surface area contributed by atoms with Gasteiger partial charge >= 0.3 is 5.97 Å². The first-order chi connectivity index (χ1) is 19.6. The number of fused-ring (bicyclic) bond motifs is 1. The number of para-hydroxylation sites is 1. The molecule has 0 saturated heterocycles. The van der Waals surface area contributed by atoms with Crippen LogP contribution in [0.5, 0.6) is 17.2 Å². The topological polar surface area (TPSA) is 44.8 Å². The predicted molar refractivity (Wildman–Crippen MR) is 183 cm³/mol. The molecule has 0 heterocycles. The maximum absolute atomic E-state index is 14.1. The summed E-state index contributed by atoms with van der Waals surface area (Å²) in [6, 6.07) is 17.5. The van der Waals surface area contributed by atoms with Crippen molar-refractivity contribution >= 4 is 33.4 Å². The molecule has 0 radical (unpaired) electrons. The number of aryl methyl sites for hydroxylation is 1. The lowest BCUT2D eigenvalue weighted by Crippen LogP contribution is -2.51. The molecule has 0 aromatic heterocycles. The van der Waals surface area contributed by atoms with E-state index in [0.717, 1.165) is 22.1 Å². The van der Waals surface area contributed by atoms with Crippen LogP contribution in [-0.2, 0) is 0 Å². The van der Waals surface area contributed by atoms with E-state index < -0.39 is 22.6 Å². The Labute approximate surface area is 257 Å². The Morgan fingerprint density at radius 3 is 1.57 bits per heavy atom. The maximum atomic E-state index is 14.1. The van der Waals surface area contributed by atoms with Gasteiger partial charge in [-0.05, 0) is 63.9 Å². The number of hydrogen-bond acceptors (Lipinski definition) is 4. The van der Waals surface area contributed by atoms with Gasteiger partial charge in [0.2, 0.25) is 0 Å². The Morgan fingerprint density at radius 2 is 1.10 bits per heavy atom. The van der Waals surface area contributed by atoms with Gasteiger partial charge in [-0.3, -0.25) is 0 Å². The number of rotatable bonds is 12. The van der Waals surface area contributed by atoms with Crippen molar-refractivity contribution in [1.29, 1.82) is 0 Å². The third-order valence-electron chi connectivity index (χ3n) is 9.44. The highest BCUT2D eigenvalue weighted by Gasteiger charge is 2.49. The number of carbonyl (C=O) groups is 1. The fourth-order valence-corrected chi connectivity index (χ4v) is 18.2. The normalized spacial score (nSPS) is 12.8. The van der Waals surface area contributed by atoms with Gasteiger partial charge < -0.3 is 13.6 Å². The molecule has 0 spiro atoms. The van der Waals surface area contributed by atoms with Crippen LogP contribution in [0.25, 0.3) is 10.8 Å². The lowest BCUT2D eigenvalue weighted by molar-refractivity contribution is 0.0732. The second-order valence-electron chi connectivity index (χ2n) is 13.8. The van der Waals surface area contributed by atoms with Gasteiger partial charge in [0.05, 0.1) is 0 Å². The fraction of sp³-hybridized carbons (Fsp3) is 0.528. The van der Waals surface area contributed by atoms with Gasteiger partial charge in [0.15, 0.2) is 0 Å². The summed E-state index contributed by atoms with van der Waals surface area (Å²) < 4.78 is 20.7. The van der Waals surface area contributed by atoms with Crippen molar-refractivity contribution in [2.24, 2.45) is 0 Å². The van der Waals surface area contributed by atoms with Crippen LogP contribution >= 0.6 is 0 Å². The molecule has 3 rings (SSSR count). The van der Waals surface area contributed by atoms with Gasteiger partial charge in [-0.25, -0.2) is 4.79 Å². The molecule has 0 fully saturated rings. The molecule has 6 heteroatoms. The van der Waals surface area contributed by atoms with E-state index >= 15 is 0 Å². The van der Waals surface area contributed by atoms with E-state index in [-0.39, 0.29) is 0 Å². The first-order valence-electron chi connectivity index (χ1n) is 15.8. The molecule has 0 aliphatic rings. The SMILES string of the molecule is Cc1cccc2c(O[Si](C(C)C)(C(C)C)C(C)C)c(C(=O)Oc3ccccc3)cc(O[Si](C(C)C)(C(C)C)C(C)C)c12. The molecule has 0 aliphatic heterocycles. The Morgan fingerprint density at radius 1 is 0.619 bits per heavy atom. The minimum Gasteiger partial charge on any atom is -0.542 e. The van der Waals surface area contributed by atoms with E-state index in [1.54, 1.807) is 0 Å². The highest BCUT2D eigenvalue weighted by atomic mass is 28.4. The van der Waals surface area contributed by atoms with Gasteiger partial charge in [0, 0.05) is 10.8 Å². The Balaban J connectivity index is 2.43. The standard InChI is InChI=1S/C36H54O4Si2/c1-23(2)41(24(3)4,25(5)6)39-33-22-32(36(37)38-30-19-15-14-16-20-30)35(31-21-17-18-29(13)34(31)33)40-42(26(7)8,27(9)10)28(11)12/h14-28H,1-13H3. The smallest absolute Gasteiger partial charge is 0.347 e. The van der Waals surface area contributed by atoms with E-state index in [0.29, 0.717) is 50.3 Å². The average Bonchev–Trinajstić information content (AvgIpc) is 2.89. The van der Waals surface area contributed by atoms with Crippen LogP contribution < -0.4 is 13.6 Å². The van der Waals surface area contributed by atoms with Crippen molar-refractivity contribution in [3.8, 4) is 17.2 Å². The lowest BCUT2D eigenvalue weighted by Gasteiger charge is -2.44. The Kier molecular flexibility index (Phi) is 10.8. The van der Waals surface area contributed by atoms with Crippen LogP contribution in [0.2, 0.25) is 33.2 Å². The molecule has 4 nitrogen and oxygen atoms in total. The molecule has 42 heavy (non-hydrogen) atoms. The van der Waals surface area contributed by atoms with Crippen molar-refractivity contribution < 1.29 is 18.4 Å². The molecule has 3 aromatic rings. The van der Waals surface area contributed by atoms with Crippen molar-refractivity contribution in [2.45, 2.75) is 123 Å². The third kappa shape index (κ3) is 6.21. The Hall–Kier alpha value is -2.58. The van der Waals surface area contributed by atoms with Crippen molar-refractivity contribution in [3.05, 3.63) is 65.7 Å². The van der Waals surface area contributed by atoms with Gasteiger partial charge in [-0.1, -0.05) is 119 Å². The van der Waals surface area contributed by atoms with Crippen LogP contribution in [0.4, 0.5) is 0 Å². The number of benzene rings is 3. The predicted octanol–water partition coefficient (Wildman–Crippen LogP) is 11.5. The van der Waals surface area contributed by atoms with E-state index in [4.69, 9.17) is 13.6 Å². The summed E-state index contributed by atoms with van der Waals surface area (Å²) in [5.41, 5.74) is 3.73. The molecule has 0 unspecified atom stereocenters. The quantitative estimate of drug-likeness (QED) is 0.117. The first kappa shape index (κ1) is 33.9. The van der Waals surface area contributed by atoms with E-state index in [1.165, 1.54) is 0 Å². The van der Waals surface area contributed by atoms with Gasteiger partial charge in [0.25, 0.3) is 16.6 Å². The fourth-order valence-electron chi connectivity index (χ4n) is 7.66. The summed E-state index contributed by atoms with van der Waals surface area (Å²) in [6.45, 7) is 29.5. The largest absolute Gasteiger partial charge is 0.542 e. The zero-order valence-corrected chi connectivity index (χ0v) is 30.3. The molecule has 0 atom stereocenters. The number of esters is 1. The van der Waals surface area contributed by atoms with Crippen molar-refractivity contribution in [2.75, 3.05) is 0 Å². The molecule has 3 aromatic carbocycles. The van der Waals surface area contributed by atoms with Crippen molar-refractivity contribution in [1.82, 2.24) is 0 Å². The first-order valence-corrected chi connectivity index (χ1v) is 20.1. The second kappa shape index (κ2) is 13.4. The zero-order valence-electron chi connectivity index (χ0n) is 28.3. The summed E-state index contributed by atoms with van der Waals surface area (Å²) in [5.74, 6) is 1.49. The van der Waals surface area contributed by atoms with Gasteiger partial charge in [-0.2, -0.15) is 0 Å². The Bertz CT molecular complexity index is 1320. The second-order valence-corrected chi connectivity index (χ2v) is 24.5. The van der Waals surface area contributed by atoms with Crippen LogP contribution in [-0.4, -0.2) is 22.6 Å². The summed E-state index contributed by atoms with van der Waals surface area (Å²) in [7, 11) is -4.77. The number of carbonyl (C=O) groups excluding carboxylic acids is 1. The number of ether oxygens (including phenoxy) is 1. The van der Waals surface area contributed by atoms with Gasteiger partial charge in [0.1, 0.15) is 22.8 Å². The lowest BCUT2D eigenvalue weighted by atomic mass is 10.0. The summed E-state index contributed by atoms with van der Waals surface area (Å²) >= 11 is 0.